The Hall–Kier alpha value is -1.31. The van der Waals surface area contributed by atoms with Crippen LogP contribution in [0, 0.1) is 50.2 Å². The highest BCUT2D eigenvalue weighted by molar-refractivity contribution is 5.73. The van der Waals surface area contributed by atoms with Crippen LogP contribution in [-0.4, -0.2) is 150 Å². The van der Waals surface area contributed by atoms with Crippen LogP contribution in [0.3, 0.4) is 0 Å². The fourth-order valence-corrected chi connectivity index (χ4v) is 13.7. The van der Waals surface area contributed by atoms with Crippen LogP contribution in [0.4, 0.5) is 0 Å². The van der Waals surface area contributed by atoms with E-state index in [2.05, 4.69) is 47.6 Å². The standard InChI is InChI=1S/C42H68O15/c1-37(2)16-20-19-8-9-23-39(4)12-11-24(40(5,18-44)22(39)10-13-42(23,7)41(19,6)15-14-38(20,3)33(51)32(37)50)55-36-31(28(48)27(47)30(56-36)34(52)53)57-35-29(49)26(46)25(45)21(17-43)54-35/h8,20-33,35-36,43-51H,9-18H2,1-7H3,(H,52,53). The van der Waals surface area contributed by atoms with E-state index in [4.69, 9.17) is 18.9 Å². The van der Waals surface area contributed by atoms with E-state index < -0.39 is 109 Å². The molecule has 0 bridgehead atoms. The zero-order valence-electron chi connectivity index (χ0n) is 34.4. The van der Waals surface area contributed by atoms with Gasteiger partial charge in [0.2, 0.25) is 0 Å². The van der Waals surface area contributed by atoms with E-state index in [1.165, 1.54) is 5.57 Å². The summed E-state index contributed by atoms with van der Waals surface area (Å²) in [5.74, 6) is -1.24. The Morgan fingerprint density at radius 1 is 0.737 bits per heavy atom. The lowest BCUT2D eigenvalue weighted by Crippen LogP contribution is -2.68. The smallest absolute Gasteiger partial charge is 0.335 e. The summed E-state index contributed by atoms with van der Waals surface area (Å²) in [5.41, 5.74) is -0.847. The second-order valence-corrected chi connectivity index (χ2v) is 20.8. The molecule has 15 nitrogen and oxygen atoms in total. The molecule has 6 fully saturated rings. The molecule has 21 atom stereocenters. The van der Waals surface area contributed by atoms with E-state index >= 15 is 0 Å². The van der Waals surface area contributed by atoms with Crippen molar-refractivity contribution in [3.8, 4) is 0 Å². The molecule has 0 aromatic carbocycles. The maximum absolute atomic E-state index is 12.2. The minimum atomic E-state index is -1.98. The third-order valence-electron chi connectivity index (χ3n) is 17.7. The van der Waals surface area contributed by atoms with Gasteiger partial charge in [0.15, 0.2) is 18.7 Å². The van der Waals surface area contributed by atoms with Gasteiger partial charge in [-0.2, -0.15) is 0 Å². The van der Waals surface area contributed by atoms with Gasteiger partial charge in [-0.25, -0.2) is 4.79 Å². The van der Waals surface area contributed by atoms with E-state index in [-0.39, 0.29) is 40.6 Å². The molecule has 10 N–H and O–H groups in total. The lowest BCUT2D eigenvalue weighted by molar-refractivity contribution is -0.375. The van der Waals surface area contributed by atoms with Crippen molar-refractivity contribution >= 4 is 5.97 Å². The van der Waals surface area contributed by atoms with E-state index in [1.54, 1.807) is 0 Å². The van der Waals surface area contributed by atoms with Crippen molar-refractivity contribution in [2.24, 2.45) is 50.2 Å². The number of carboxylic acids is 1. The van der Waals surface area contributed by atoms with Crippen molar-refractivity contribution in [3.63, 3.8) is 0 Å². The number of aliphatic carboxylic acids is 1. The molecule has 0 radical (unpaired) electrons. The molecule has 2 heterocycles. The predicted octanol–water partition coefficient (Wildman–Crippen LogP) is 0.824. The quantitative estimate of drug-likeness (QED) is 0.126. The molecular formula is C42H68O15. The van der Waals surface area contributed by atoms with Gasteiger partial charge in [-0.1, -0.05) is 60.1 Å². The molecule has 2 aliphatic heterocycles. The number of fused-ring (bicyclic) bond motifs is 7. The average molecular weight is 813 g/mol. The highest BCUT2D eigenvalue weighted by Gasteiger charge is 2.70. The largest absolute Gasteiger partial charge is 0.479 e. The molecule has 5 aliphatic carbocycles. The zero-order valence-corrected chi connectivity index (χ0v) is 34.4. The first-order chi connectivity index (χ1) is 26.5. The zero-order chi connectivity index (χ0) is 42.0. The Morgan fingerprint density at radius 3 is 2.05 bits per heavy atom. The van der Waals surface area contributed by atoms with Gasteiger partial charge < -0.3 is 70.0 Å². The van der Waals surface area contributed by atoms with Gasteiger partial charge in [0.1, 0.15) is 42.7 Å². The molecule has 15 heteroatoms. The van der Waals surface area contributed by atoms with Gasteiger partial charge >= 0.3 is 5.97 Å². The number of carboxylic acid groups (broad SMARTS) is 1. The Morgan fingerprint density at radius 2 is 1.42 bits per heavy atom. The predicted molar refractivity (Wildman–Crippen MR) is 201 cm³/mol. The second-order valence-electron chi connectivity index (χ2n) is 20.8. The molecule has 4 saturated carbocycles. The van der Waals surface area contributed by atoms with Crippen molar-refractivity contribution in [2.75, 3.05) is 13.2 Å². The minimum Gasteiger partial charge on any atom is -0.479 e. The molecule has 2 saturated heterocycles. The minimum absolute atomic E-state index is 0.0518. The maximum Gasteiger partial charge on any atom is 0.335 e. The molecule has 0 aromatic rings. The van der Waals surface area contributed by atoms with Gasteiger partial charge in [-0.05, 0) is 90.8 Å². The third kappa shape index (κ3) is 6.26. The fourth-order valence-electron chi connectivity index (χ4n) is 13.7. The molecule has 0 spiro atoms. The Bertz CT molecular complexity index is 1560. The molecular weight excluding hydrogens is 744 g/mol. The third-order valence-corrected chi connectivity index (χ3v) is 17.7. The van der Waals surface area contributed by atoms with E-state index in [0.29, 0.717) is 12.8 Å². The summed E-state index contributed by atoms with van der Waals surface area (Å²) >= 11 is 0. The Labute approximate surface area is 335 Å². The lowest BCUT2D eigenvalue weighted by Gasteiger charge is -2.72. The number of aliphatic hydroxyl groups is 9. The van der Waals surface area contributed by atoms with Gasteiger partial charge in [0.25, 0.3) is 0 Å². The topological polar surface area (TPSA) is 256 Å². The Balaban J connectivity index is 1.17. The van der Waals surface area contributed by atoms with Gasteiger partial charge in [0.05, 0.1) is 31.5 Å². The normalized spacial score (nSPS) is 56.0. The number of hydrogen-bond donors (Lipinski definition) is 10. The second kappa shape index (κ2) is 14.7. The van der Waals surface area contributed by atoms with E-state index in [9.17, 15) is 55.9 Å². The number of rotatable bonds is 7. The van der Waals surface area contributed by atoms with Crippen LogP contribution in [0.2, 0.25) is 0 Å². The fraction of sp³-hybridized carbons (Fsp3) is 0.929. The monoisotopic (exact) mass is 812 g/mol. The van der Waals surface area contributed by atoms with Crippen molar-refractivity contribution in [2.45, 2.75) is 180 Å². The van der Waals surface area contributed by atoms with Crippen LogP contribution in [0.1, 0.15) is 99.8 Å². The molecule has 0 aromatic heterocycles. The molecule has 57 heavy (non-hydrogen) atoms. The molecule has 326 valence electrons. The average Bonchev–Trinajstić information content (AvgIpc) is 3.15. The summed E-state index contributed by atoms with van der Waals surface area (Å²) in [4.78, 5) is 12.2. The highest BCUT2D eigenvalue weighted by atomic mass is 16.8. The van der Waals surface area contributed by atoms with Crippen LogP contribution < -0.4 is 0 Å². The summed E-state index contributed by atoms with van der Waals surface area (Å²) in [6.07, 6.45) is -11.3. The molecule has 7 rings (SSSR count). The number of ether oxygens (including phenoxy) is 4. The van der Waals surface area contributed by atoms with Gasteiger partial charge in [0, 0.05) is 10.8 Å². The van der Waals surface area contributed by atoms with Crippen LogP contribution in [0.15, 0.2) is 11.6 Å². The number of aliphatic hydroxyl groups excluding tert-OH is 9. The maximum atomic E-state index is 12.2. The number of carbonyl (C=O) groups is 1. The first-order valence-corrected chi connectivity index (χ1v) is 21.0. The summed E-state index contributed by atoms with van der Waals surface area (Å²) in [5, 5.41) is 107. The van der Waals surface area contributed by atoms with E-state index in [0.717, 1.165) is 38.5 Å². The lowest BCUT2D eigenvalue weighted by atomic mass is 9.33. The van der Waals surface area contributed by atoms with Crippen molar-refractivity contribution in [3.05, 3.63) is 11.6 Å². The van der Waals surface area contributed by atoms with Gasteiger partial charge in [-0.15, -0.1) is 0 Å². The summed E-state index contributed by atoms with van der Waals surface area (Å²) in [6.45, 7) is 14.4. The highest BCUT2D eigenvalue weighted by Crippen LogP contribution is 2.76. The van der Waals surface area contributed by atoms with Crippen LogP contribution in [-0.2, 0) is 23.7 Å². The number of allylic oxidation sites excluding steroid dienone is 2. The molecule has 0 amide bonds. The SMILES string of the molecule is CC1(C)CC2C3=CCC4C5(C)CCC(OC6OC(C(=O)O)C(O)C(O)C6OC6OC(CO)C(O)C(O)C6O)C(C)(CO)C5CCC4(C)C3(C)CCC2(C)C(O)C1O. The number of hydrogen-bond acceptors (Lipinski definition) is 14. The first kappa shape index (κ1) is 43.8. The molecule has 21 unspecified atom stereocenters. The van der Waals surface area contributed by atoms with Crippen LogP contribution >= 0.6 is 0 Å². The first-order valence-electron chi connectivity index (χ1n) is 21.0. The summed E-state index contributed by atoms with van der Waals surface area (Å²) in [7, 11) is 0. The van der Waals surface area contributed by atoms with Crippen molar-refractivity contribution in [1.29, 1.82) is 0 Å². The van der Waals surface area contributed by atoms with E-state index in [1.807, 2.05) is 6.92 Å². The van der Waals surface area contributed by atoms with Gasteiger partial charge in [-0.3, -0.25) is 0 Å². The molecule has 7 aliphatic rings. The summed E-state index contributed by atoms with van der Waals surface area (Å²) < 4.78 is 23.8. The van der Waals surface area contributed by atoms with Crippen LogP contribution in [0.25, 0.3) is 0 Å². The summed E-state index contributed by atoms with van der Waals surface area (Å²) in [6, 6.07) is 0. The van der Waals surface area contributed by atoms with Crippen molar-refractivity contribution < 1.29 is 74.8 Å². The van der Waals surface area contributed by atoms with Crippen molar-refractivity contribution in [1.82, 2.24) is 0 Å². The van der Waals surface area contributed by atoms with Crippen LogP contribution in [0.5, 0.6) is 0 Å². The Kier molecular flexibility index (Phi) is 11.3.